The van der Waals surface area contributed by atoms with Gasteiger partial charge < -0.3 is 4.74 Å². The minimum Gasteiger partial charge on any atom is -0.382 e. The maximum Gasteiger partial charge on any atom is 0.0755 e. The lowest BCUT2D eigenvalue weighted by Crippen LogP contribution is -2.22. The molecule has 2 heteroatoms. The molecular formula is C12H23NO. The van der Waals surface area contributed by atoms with Gasteiger partial charge in [0.15, 0.2) is 0 Å². The number of ether oxygens (including phenoxy) is 1. The smallest absolute Gasteiger partial charge is 0.0755 e. The van der Waals surface area contributed by atoms with Gasteiger partial charge in [0.2, 0.25) is 0 Å². The van der Waals surface area contributed by atoms with E-state index in [1.54, 1.807) is 7.11 Å². The molecule has 82 valence electrons. The van der Waals surface area contributed by atoms with E-state index >= 15 is 0 Å². The lowest BCUT2D eigenvalue weighted by atomic mass is 9.97. The summed E-state index contributed by atoms with van der Waals surface area (Å²) in [6, 6.07) is 0.369. The van der Waals surface area contributed by atoms with Crippen LogP contribution in [0.15, 0.2) is 4.99 Å². The SMILES string of the molecule is COC[C@@H](N=C1CCCCC1)C(C)C. The zero-order chi connectivity index (χ0) is 10.4. The molecule has 0 saturated heterocycles. The average Bonchev–Trinajstić information content (AvgIpc) is 2.18. The largest absolute Gasteiger partial charge is 0.382 e. The van der Waals surface area contributed by atoms with Gasteiger partial charge in [0.25, 0.3) is 0 Å². The molecule has 1 aliphatic carbocycles. The number of aliphatic imine (C=N–C) groups is 1. The Hall–Kier alpha value is -0.370. The van der Waals surface area contributed by atoms with Gasteiger partial charge in [0.1, 0.15) is 0 Å². The first-order valence-electron chi connectivity index (χ1n) is 5.78. The Kier molecular flexibility index (Phi) is 5.16. The van der Waals surface area contributed by atoms with Gasteiger partial charge >= 0.3 is 0 Å². The first kappa shape index (κ1) is 11.7. The predicted octanol–water partition coefficient (Wildman–Crippen LogP) is 3.06. The fraction of sp³-hybridized carbons (Fsp3) is 0.917. The van der Waals surface area contributed by atoms with Crippen LogP contribution in [0.2, 0.25) is 0 Å². The van der Waals surface area contributed by atoms with Gasteiger partial charge in [-0.15, -0.1) is 0 Å². The van der Waals surface area contributed by atoms with E-state index in [0.29, 0.717) is 12.0 Å². The van der Waals surface area contributed by atoms with Crippen molar-refractivity contribution < 1.29 is 4.74 Å². The quantitative estimate of drug-likeness (QED) is 0.678. The van der Waals surface area contributed by atoms with Gasteiger partial charge in [-0.05, 0) is 31.6 Å². The van der Waals surface area contributed by atoms with E-state index in [2.05, 4.69) is 13.8 Å². The third-order valence-electron chi connectivity index (χ3n) is 2.89. The monoisotopic (exact) mass is 197 g/mol. The molecule has 0 heterocycles. The van der Waals surface area contributed by atoms with Crippen LogP contribution >= 0.6 is 0 Å². The fourth-order valence-electron chi connectivity index (χ4n) is 1.87. The number of rotatable bonds is 4. The van der Waals surface area contributed by atoms with Crippen LogP contribution in [0.3, 0.4) is 0 Å². The van der Waals surface area contributed by atoms with E-state index in [-0.39, 0.29) is 0 Å². The summed E-state index contributed by atoms with van der Waals surface area (Å²) in [6.07, 6.45) is 6.47. The molecule has 0 spiro atoms. The summed E-state index contributed by atoms with van der Waals surface area (Å²) >= 11 is 0. The second-order valence-electron chi connectivity index (χ2n) is 4.52. The average molecular weight is 197 g/mol. The molecule has 1 saturated carbocycles. The summed E-state index contributed by atoms with van der Waals surface area (Å²) in [7, 11) is 1.76. The maximum absolute atomic E-state index is 5.20. The predicted molar refractivity (Wildman–Crippen MR) is 61.0 cm³/mol. The zero-order valence-electron chi connectivity index (χ0n) is 9.75. The topological polar surface area (TPSA) is 21.6 Å². The molecule has 2 nitrogen and oxygen atoms in total. The molecular weight excluding hydrogens is 174 g/mol. The van der Waals surface area contributed by atoms with Gasteiger partial charge in [-0.25, -0.2) is 0 Å². The molecule has 0 aromatic heterocycles. The Labute approximate surface area is 87.8 Å². The molecule has 0 amide bonds. The second kappa shape index (κ2) is 6.18. The molecule has 0 N–H and O–H groups in total. The Morgan fingerprint density at radius 2 is 1.86 bits per heavy atom. The molecule has 0 bridgehead atoms. The highest BCUT2D eigenvalue weighted by Gasteiger charge is 2.14. The minimum atomic E-state index is 0.369. The standard InChI is InChI=1S/C12H23NO/c1-10(2)12(9-14-3)13-11-7-5-4-6-8-11/h10,12H,4-9H2,1-3H3/t12-/m1/s1. The van der Waals surface area contributed by atoms with Crippen molar-refractivity contribution in [3.63, 3.8) is 0 Å². The normalized spacial score (nSPS) is 19.9. The van der Waals surface area contributed by atoms with Gasteiger partial charge in [0, 0.05) is 12.8 Å². The summed E-state index contributed by atoms with van der Waals surface area (Å²) in [6.45, 7) is 5.20. The van der Waals surface area contributed by atoms with Crippen LogP contribution < -0.4 is 0 Å². The van der Waals surface area contributed by atoms with Gasteiger partial charge in [-0.3, -0.25) is 4.99 Å². The molecule has 0 radical (unpaired) electrons. The zero-order valence-corrected chi connectivity index (χ0v) is 9.75. The maximum atomic E-state index is 5.20. The van der Waals surface area contributed by atoms with E-state index in [1.807, 2.05) is 0 Å². The number of hydrogen-bond acceptors (Lipinski definition) is 2. The molecule has 0 unspecified atom stereocenters. The van der Waals surface area contributed by atoms with Crippen LogP contribution in [0.25, 0.3) is 0 Å². The van der Waals surface area contributed by atoms with E-state index < -0.39 is 0 Å². The third-order valence-corrected chi connectivity index (χ3v) is 2.89. The number of methoxy groups -OCH3 is 1. The first-order valence-corrected chi connectivity index (χ1v) is 5.78. The van der Waals surface area contributed by atoms with Crippen LogP contribution in [0.1, 0.15) is 46.0 Å². The van der Waals surface area contributed by atoms with Gasteiger partial charge in [-0.2, -0.15) is 0 Å². The van der Waals surface area contributed by atoms with Crippen molar-refractivity contribution in [2.75, 3.05) is 13.7 Å². The minimum absolute atomic E-state index is 0.369. The number of nitrogens with zero attached hydrogens (tertiary/aromatic N) is 1. The molecule has 1 fully saturated rings. The van der Waals surface area contributed by atoms with Crippen LogP contribution in [-0.2, 0) is 4.74 Å². The lowest BCUT2D eigenvalue weighted by molar-refractivity contribution is 0.165. The second-order valence-corrected chi connectivity index (χ2v) is 4.52. The van der Waals surface area contributed by atoms with E-state index in [1.165, 1.54) is 37.8 Å². The third kappa shape index (κ3) is 3.79. The van der Waals surface area contributed by atoms with Crippen LogP contribution in [0.4, 0.5) is 0 Å². The van der Waals surface area contributed by atoms with Crippen molar-refractivity contribution in [2.24, 2.45) is 10.9 Å². The van der Waals surface area contributed by atoms with Crippen LogP contribution in [0.5, 0.6) is 0 Å². The molecule has 14 heavy (non-hydrogen) atoms. The van der Waals surface area contributed by atoms with Gasteiger partial charge in [-0.1, -0.05) is 20.3 Å². The summed E-state index contributed by atoms with van der Waals surface area (Å²) < 4.78 is 5.20. The fourth-order valence-corrected chi connectivity index (χ4v) is 1.87. The summed E-state index contributed by atoms with van der Waals surface area (Å²) in [5.41, 5.74) is 1.42. The Balaban J connectivity index is 2.50. The van der Waals surface area contributed by atoms with Crippen molar-refractivity contribution in [1.82, 2.24) is 0 Å². The summed E-state index contributed by atoms with van der Waals surface area (Å²) in [5.74, 6) is 0.587. The van der Waals surface area contributed by atoms with Crippen LogP contribution in [-0.4, -0.2) is 25.5 Å². The highest BCUT2D eigenvalue weighted by atomic mass is 16.5. The van der Waals surface area contributed by atoms with E-state index in [4.69, 9.17) is 9.73 Å². The van der Waals surface area contributed by atoms with Crippen molar-refractivity contribution in [3.8, 4) is 0 Å². The Morgan fingerprint density at radius 1 is 1.21 bits per heavy atom. The summed E-state index contributed by atoms with van der Waals surface area (Å²) in [5, 5.41) is 0. The highest BCUT2D eigenvalue weighted by Crippen LogP contribution is 2.17. The van der Waals surface area contributed by atoms with Gasteiger partial charge in [0.05, 0.1) is 12.6 Å². The Bertz CT molecular complexity index is 179. The number of hydrogen-bond donors (Lipinski definition) is 0. The van der Waals surface area contributed by atoms with E-state index in [9.17, 15) is 0 Å². The first-order chi connectivity index (χ1) is 6.74. The van der Waals surface area contributed by atoms with E-state index in [0.717, 1.165) is 6.61 Å². The Morgan fingerprint density at radius 3 is 2.36 bits per heavy atom. The van der Waals surface area contributed by atoms with Crippen molar-refractivity contribution in [2.45, 2.75) is 52.0 Å². The molecule has 1 aliphatic rings. The molecule has 1 rings (SSSR count). The molecule has 1 atom stereocenters. The lowest BCUT2D eigenvalue weighted by Gasteiger charge is -2.20. The van der Waals surface area contributed by atoms with Crippen LogP contribution in [0, 0.1) is 5.92 Å². The molecule has 0 aliphatic heterocycles. The molecule has 0 aromatic rings. The summed E-state index contributed by atoms with van der Waals surface area (Å²) in [4.78, 5) is 4.82. The highest BCUT2D eigenvalue weighted by molar-refractivity contribution is 5.85. The van der Waals surface area contributed by atoms with Crippen molar-refractivity contribution >= 4 is 5.71 Å². The van der Waals surface area contributed by atoms with Crippen molar-refractivity contribution in [1.29, 1.82) is 0 Å². The molecule has 0 aromatic carbocycles. The van der Waals surface area contributed by atoms with Crippen molar-refractivity contribution in [3.05, 3.63) is 0 Å².